The van der Waals surface area contributed by atoms with Gasteiger partial charge in [0.05, 0.1) is 14.0 Å². The van der Waals surface area contributed by atoms with Gasteiger partial charge in [-0.3, -0.25) is 0 Å². The predicted molar refractivity (Wildman–Crippen MR) is 70.0 cm³/mol. The molecule has 0 aliphatic carbocycles. The first-order chi connectivity index (χ1) is 10.5. The zero-order chi connectivity index (χ0) is 16.3. The van der Waals surface area contributed by atoms with Crippen LogP contribution in [0.4, 0.5) is 0 Å². The Bertz CT molecular complexity index is 661. The number of methoxy groups -OCH3 is 1. The molecule has 0 fully saturated rings. The third-order valence-electron chi connectivity index (χ3n) is 2.32. The Balaban J connectivity index is 2.12. The lowest BCUT2D eigenvalue weighted by Gasteiger charge is -2.06. The third kappa shape index (κ3) is 3.61. The van der Waals surface area contributed by atoms with Gasteiger partial charge in [0, 0.05) is 13.1 Å². The highest BCUT2D eigenvalue weighted by molar-refractivity contribution is 5.28. The maximum Gasteiger partial charge on any atom is 0.119 e. The van der Waals surface area contributed by atoms with E-state index in [-0.39, 0.29) is 42.3 Å². The van der Waals surface area contributed by atoms with Crippen molar-refractivity contribution in [2.75, 3.05) is 7.11 Å². The second-order valence-corrected chi connectivity index (χ2v) is 3.56. The van der Waals surface area contributed by atoms with E-state index in [2.05, 4.69) is 5.32 Å². The highest BCUT2D eigenvalue weighted by atomic mass is 16.5. The smallest absolute Gasteiger partial charge is 0.119 e. The largest absolute Gasteiger partial charge is 0.497 e. The van der Waals surface area contributed by atoms with Gasteiger partial charge in [0.25, 0.3) is 0 Å². The molecule has 0 radical (unpaired) electrons. The molecule has 0 bridgehead atoms. The number of hydrogen-bond acceptors (Lipinski definition) is 2. The summed E-state index contributed by atoms with van der Waals surface area (Å²) in [7, 11) is 1.60. The van der Waals surface area contributed by atoms with Crippen LogP contribution in [0, 0.1) is 0 Å². The van der Waals surface area contributed by atoms with Crippen LogP contribution < -0.4 is 10.1 Å². The Morgan fingerprint density at radius 3 is 2.65 bits per heavy atom. The van der Waals surface area contributed by atoms with E-state index in [1.54, 1.807) is 7.11 Å². The molecule has 0 aliphatic heterocycles. The Morgan fingerprint density at radius 2 is 1.88 bits per heavy atom. The molecule has 0 unspecified atom stereocenters. The summed E-state index contributed by atoms with van der Waals surface area (Å²) in [6, 6.07) is 6.23. The fourth-order valence-electron chi connectivity index (χ4n) is 1.48. The minimum atomic E-state index is -0.369. The van der Waals surface area contributed by atoms with Crippen molar-refractivity contribution in [1.82, 2.24) is 5.32 Å². The first kappa shape index (κ1) is 6.82. The molecule has 0 saturated carbocycles. The molecule has 2 nitrogen and oxygen atoms in total. The van der Waals surface area contributed by atoms with Crippen LogP contribution in [0.25, 0.3) is 0 Å². The van der Waals surface area contributed by atoms with Gasteiger partial charge in [-0.2, -0.15) is 0 Å². The summed E-state index contributed by atoms with van der Waals surface area (Å²) >= 11 is 0. The topological polar surface area (TPSA) is 21.3 Å². The van der Waals surface area contributed by atoms with Crippen LogP contribution in [0.5, 0.6) is 5.75 Å². The predicted octanol–water partition coefficient (Wildman–Crippen LogP) is 2.99. The minimum absolute atomic E-state index is 0.163. The van der Waals surface area contributed by atoms with E-state index >= 15 is 0 Å². The summed E-state index contributed by atoms with van der Waals surface area (Å²) in [5.74, 6) is 0.752. The van der Waals surface area contributed by atoms with Crippen molar-refractivity contribution in [3.05, 3.63) is 65.6 Å². The highest BCUT2D eigenvalue weighted by Crippen LogP contribution is 2.12. The van der Waals surface area contributed by atoms with E-state index in [0.29, 0.717) is 6.54 Å². The van der Waals surface area contributed by atoms with Crippen LogP contribution in [-0.2, 0) is 13.1 Å². The average molecular weight is 232 g/mol. The van der Waals surface area contributed by atoms with E-state index in [1.807, 2.05) is 24.3 Å². The standard InChI is InChI=1S/C15H17NO/c1-17-15-9-5-8-14(10-15)12-16-11-13-6-3-2-4-7-13/h2-10,16H,11-12H2,1H3/i2D,3D,4D,6D,7D. The Kier molecular flexibility index (Phi) is 2.43. The minimum Gasteiger partial charge on any atom is -0.497 e. The van der Waals surface area contributed by atoms with Gasteiger partial charge in [0.1, 0.15) is 5.75 Å². The molecule has 17 heavy (non-hydrogen) atoms. The molecule has 1 N–H and O–H groups in total. The SMILES string of the molecule is [2H]c1c([2H])c([2H])c(CNCc2cccc(OC)c2)c([2H])c1[2H]. The van der Waals surface area contributed by atoms with Gasteiger partial charge in [-0.1, -0.05) is 42.3 Å². The lowest BCUT2D eigenvalue weighted by Crippen LogP contribution is -2.12. The molecule has 2 aromatic carbocycles. The third-order valence-corrected chi connectivity index (χ3v) is 2.32. The summed E-state index contributed by atoms with van der Waals surface area (Å²) in [5.41, 5.74) is 1.26. The van der Waals surface area contributed by atoms with Gasteiger partial charge in [-0.05, 0) is 23.3 Å². The first-order valence-corrected chi connectivity index (χ1v) is 5.35. The Hall–Kier alpha value is -1.80. The van der Waals surface area contributed by atoms with Crippen molar-refractivity contribution >= 4 is 0 Å². The van der Waals surface area contributed by atoms with E-state index in [9.17, 15) is 0 Å². The maximum atomic E-state index is 7.85. The molecule has 0 amide bonds. The van der Waals surface area contributed by atoms with Crippen molar-refractivity contribution in [3.8, 4) is 5.75 Å². The summed E-state index contributed by atoms with van der Waals surface area (Å²) in [5, 5.41) is 3.10. The van der Waals surface area contributed by atoms with Crippen molar-refractivity contribution in [2.45, 2.75) is 13.1 Å². The fourth-order valence-corrected chi connectivity index (χ4v) is 1.48. The second kappa shape index (κ2) is 6.06. The summed E-state index contributed by atoms with van der Waals surface area (Å²) in [6.45, 7) is 0.715. The first-order valence-electron chi connectivity index (χ1n) is 7.85. The molecule has 2 rings (SSSR count). The van der Waals surface area contributed by atoms with Gasteiger partial charge >= 0.3 is 0 Å². The molecule has 0 spiro atoms. The van der Waals surface area contributed by atoms with Gasteiger partial charge in [-0.15, -0.1) is 0 Å². The number of rotatable bonds is 5. The van der Waals surface area contributed by atoms with Crippen LogP contribution in [0.15, 0.2) is 54.5 Å². The number of benzene rings is 2. The second-order valence-electron chi connectivity index (χ2n) is 3.56. The van der Waals surface area contributed by atoms with E-state index in [0.717, 1.165) is 11.3 Å². The number of nitrogens with one attached hydrogen (secondary N) is 1. The van der Waals surface area contributed by atoms with E-state index in [4.69, 9.17) is 11.6 Å². The Labute approximate surface area is 109 Å². The van der Waals surface area contributed by atoms with E-state index in [1.165, 1.54) is 0 Å². The zero-order valence-corrected chi connectivity index (χ0v) is 9.63. The quantitative estimate of drug-likeness (QED) is 0.855. The van der Waals surface area contributed by atoms with Crippen LogP contribution >= 0.6 is 0 Å². The molecule has 0 atom stereocenters. The molecule has 0 saturated heterocycles. The normalized spacial score (nSPS) is 14.3. The number of hydrogen-bond donors (Lipinski definition) is 1. The van der Waals surface area contributed by atoms with Crippen molar-refractivity contribution in [3.63, 3.8) is 0 Å². The van der Waals surface area contributed by atoms with Crippen LogP contribution in [0.3, 0.4) is 0 Å². The molecule has 2 aromatic rings. The lowest BCUT2D eigenvalue weighted by molar-refractivity contribution is 0.414. The van der Waals surface area contributed by atoms with Crippen molar-refractivity contribution < 1.29 is 11.6 Å². The highest BCUT2D eigenvalue weighted by Gasteiger charge is 1.96. The fraction of sp³-hybridized carbons (Fsp3) is 0.200. The molecule has 88 valence electrons. The van der Waals surface area contributed by atoms with E-state index < -0.39 is 0 Å². The summed E-state index contributed by atoms with van der Waals surface area (Å²) in [4.78, 5) is 0. The van der Waals surface area contributed by atoms with Crippen molar-refractivity contribution in [1.29, 1.82) is 0 Å². The monoisotopic (exact) mass is 232 g/mol. The average Bonchev–Trinajstić information content (AvgIpc) is 2.54. The van der Waals surface area contributed by atoms with Gasteiger partial charge in [0.15, 0.2) is 0 Å². The Morgan fingerprint density at radius 1 is 1.12 bits per heavy atom. The molecular formula is C15H17NO. The van der Waals surface area contributed by atoms with Gasteiger partial charge < -0.3 is 10.1 Å². The van der Waals surface area contributed by atoms with Gasteiger partial charge in [0.2, 0.25) is 0 Å². The summed E-state index contributed by atoms with van der Waals surface area (Å²) < 4.78 is 43.7. The molecule has 0 aliphatic rings. The van der Waals surface area contributed by atoms with Crippen molar-refractivity contribution in [2.24, 2.45) is 0 Å². The van der Waals surface area contributed by atoms with Crippen LogP contribution in [0.2, 0.25) is 0 Å². The van der Waals surface area contributed by atoms with Gasteiger partial charge in [-0.25, -0.2) is 0 Å². The number of ether oxygens (including phenoxy) is 1. The lowest BCUT2D eigenvalue weighted by atomic mass is 10.2. The maximum absolute atomic E-state index is 7.85. The van der Waals surface area contributed by atoms with Crippen LogP contribution in [-0.4, -0.2) is 7.11 Å². The molecule has 0 aromatic heterocycles. The van der Waals surface area contributed by atoms with Crippen LogP contribution in [0.1, 0.15) is 18.0 Å². The molecular weight excluding hydrogens is 210 g/mol. The molecule has 0 heterocycles. The zero-order valence-electron chi connectivity index (χ0n) is 14.6. The molecule has 2 heteroatoms. The summed E-state index contributed by atoms with van der Waals surface area (Å²) in [6.07, 6.45) is 0.